The number of rotatable bonds is 10. The SMILES string of the molecule is CC[C@@H](C)NC(=O)c1ccccc1NC(=O)CCc1cc(S(=O)(=O)N2CCCC2)ccc1OC. The maximum Gasteiger partial charge on any atom is 0.253 e. The van der Waals surface area contributed by atoms with Gasteiger partial charge in [-0.1, -0.05) is 19.1 Å². The molecule has 1 atom stereocenters. The summed E-state index contributed by atoms with van der Waals surface area (Å²) in [5.74, 6) is 0.00638. The Hall–Kier alpha value is -2.91. The molecule has 184 valence electrons. The zero-order chi connectivity index (χ0) is 24.7. The van der Waals surface area contributed by atoms with E-state index in [9.17, 15) is 18.0 Å². The van der Waals surface area contributed by atoms with Gasteiger partial charge in [-0.05, 0) is 68.5 Å². The summed E-state index contributed by atoms with van der Waals surface area (Å²) >= 11 is 0. The van der Waals surface area contributed by atoms with Gasteiger partial charge in [-0.25, -0.2) is 8.42 Å². The van der Waals surface area contributed by atoms with Crippen LogP contribution in [0.4, 0.5) is 5.69 Å². The first-order valence-electron chi connectivity index (χ1n) is 11.6. The molecule has 0 spiro atoms. The monoisotopic (exact) mass is 487 g/mol. The largest absolute Gasteiger partial charge is 0.496 e. The van der Waals surface area contributed by atoms with Gasteiger partial charge in [0.2, 0.25) is 15.9 Å². The van der Waals surface area contributed by atoms with Gasteiger partial charge in [0.05, 0.1) is 23.3 Å². The van der Waals surface area contributed by atoms with Gasteiger partial charge >= 0.3 is 0 Å². The molecular formula is C25H33N3O5S. The van der Waals surface area contributed by atoms with Crippen molar-refractivity contribution in [2.75, 3.05) is 25.5 Å². The number of hydrogen-bond donors (Lipinski definition) is 2. The molecule has 1 aliphatic heterocycles. The molecule has 0 aromatic heterocycles. The highest BCUT2D eigenvalue weighted by Crippen LogP contribution is 2.27. The zero-order valence-corrected chi connectivity index (χ0v) is 20.8. The summed E-state index contributed by atoms with van der Waals surface area (Å²) in [6.45, 7) is 4.95. The van der Waals surface area contributed by atoms with E-state index >= 15 is 0 Å². The average molecular weight is 488 g/mol. The molecule has 34 heavy (non-hydrogen) atoms. The second-order valence-electron chi connectivity index (χ2n) is 8.46. The summed E-state index contributed by atoms with van der Waals surface area (Å²) in [7, 11) is -2.05. The minimum absolute atomic E-state index is 0.0211. The number of sulfonamides is 1. The molecule has 8 nitrogen and oxygen atoms in total. The topological polar surface area (TPSA) is 105 Å². The molecule has 2 N–H and O–H groups in total. The molecule has 2 aromatic carbocycles. The highest BCUT2D eigenvalue weighted by Gasteiger charge is 2.28. The normalized spacial score (nSPS) is 15.0. The molecule has 1 saturated heterocycles. The second kappa shape index (κ2) is 11.5. The van der Waals surface area contributed by atoms with E-state index in [4.69, 9.17) is 4.74 Å². The molecule has 0 bridgehead atoms. The minimum atomic E-state index is -3.57. The zero-order valence-electron chi connectivity index (χ0n) is 20.0. The van der Waals surface area contributed by atoms with Crippen molar-refractivity contribution in [3.05, 3.63) is 53.6 Å². The van der Waals surface area contributed by atoms with Gasteiger partial charge in [0.1, 0.15) is 5.75 Å². The predicted octanol–water partition coefficient (Wildman–Crippen LogP) is 3.58. The van der Waals surface area contributed by atoms with Crippen molar-refractivity contribution < 1.29 is 22.7 Å². The fraction of sp³-hybridized carbons (Fsp3) is 0.440. The third kappa shape index (κ3) is 6.15. The highest BCUT2D eigenvalue weighted by molar-refractivity contribution is 7.89. The number of anilines is 1. The molecule has 9 heteroatoms. The number of ether oxygens (including phenoxy) is 1. The van der Waals surface area contributed by atoms with Crippen LogP contribution in [0.15, 0.2) is 47.4 Å². The van der Waals surface area contributed by atoms with Gasteiger partial charge in [0, 0.05) is 25.6 Å². The molecule has 2 amide bonds. The van der Waals surface area contributed by atoms with Gasteiger partial charge < -0.3 is 15.4 Å². The summed E-state index contributed by atoms with van der Waals surface area (Å²) in [5.41, 5.74) is 1.47. The quantitative estimate of drug-likeness (QED) is 0.533. The van der Waals surface area contributed by atoms with E-state index < -0.39 is 10.0 Å². The van der Waals surface area contributed by atoms with Crippen LogP contribution in [0.2, 0.25) is 0 Å². The van der Waals surface area contributed by atoms with Gasteiger partial charge in [-0.15, -0.1) is 0 Å². The molecule has 1 fully saturated rings. The smallest absolute Gasteiger partial charge is 0.253 e. The van der Waals surface area contributed by atoms with Crippen LogP contribution in [-0.4, -0.2) is 50.8 Å². The number of carbonyl (C=O) groups is 2. The van der Waals surface area contributed by atoms with Crippen molar-refractivity contribution in [2.24, 2.45) is 0 Å². The van der Waals surface area contributed by atoms with Crippen LogP contribution in [0.5, 0.6) is 5.75 Å². The summed E-state index contributed by atoms with van der Waals surface area (Å²) in [6, 6.07) is 11.6. The van der Waals surface area contributed by atoms with E-state index in [1.807, 2.05) is 13.8 Å². The lowest BCUT2D eigenvalue weighted by atomic mass is 10.1. The number of carbonyl (C=O) groups excluding carboxylic acids is 2. The van der Waals surface area contributed by atoms with Crippen LogP contribution < -0.4 is 15.4 Å². The van der Waals surface area contributed by atoms with Crippen LogP contribution in [-0.2, 0) is 21.2 Å². The number of para-hydroxylation sites is 1. The molecule has 1 heterocycles. The Morgan fingerprint density at radius 3 is 2.50 bits per heavy atom. The molecule has 3 rings (SSSR count). The van der Waals surface area contributed by atoms with E-state index in [-0.39, 0.29) is 29.2 Å². The van der Waals surface area contributed by atoms with Crippen LogP contribution in [0, 0.1) is 0 Å². The molecule has 0 unspecified atom stereocenters. The molecule has 1 aliphatic rings. The molecule has 0 saturated carbocycles. The maximum absolute atomic E-state index is 12.9. The van der Waals surface area contributed by atoms with Crippen molar-refractivity contribution in [3.8, 4) is 5.75 Å². The van der Waals surface area contributed by atoms with E-state index in [0.717, 1.165) is 19.3 Å². The Morgan fingerprint density at radius 1 is 1.12 bits per heavy atom. The summed E-state index contributed by atoms with van der Waals surface area (Å²) < 4.78 is 32.8. The highest BCUT2D eigenvalue weighted by atomic mass is 32.2. The Kier molecular flexibility index (Phi) is 8.68. The predicted molar refractivity (Wildman–Crippen MR) is 132 cm³/mol. The van der Waals surface area contributed by atoms with E-state index in [2.05, 4.69) is 10.6 Å². The van der Waals surface area contributed by atoms with Crippen molar-refractivity contribution in [2.45, 2.75) is 56.9 Å². The minimum Gasteiger partial charge on any atom is -0.496 e. The fourth-order valence-corrected chi connectivity index (χ4v) is 5.41. The first kappa shape index (κ1) is 25.7. The van der Waals surface area contributed by atoms with Crippen molar-refractivity contribution >= 4 is 27.5 Å². The number of methoxy groups -OCH3 is 1. The lowest BCUT2D eigenvalue weighted by Crippen LogP contribution is -2.32. The lowest BCUT2D eigenvalue weighted by molar-refractivity contribution is -0.116. The molecule has 0 radical (unpaired) electrons. The third-order valence-corrected chi connectivity index (χ3v) is 7.91. The van der Waals surface area contributed by atoms with Crippen molar-refractivity contribution in [3.63, 3.8) is 0 Å². The number of aryl methyl sites for hydroxylation is 1. The first-order chi connectivity index (χ1) is 16.3. The average Bonchev–Trinajstić information content (AvgIpc) is 3.38. The first-order valence-corrected chi connectivity index (χ1v) is 13.1. The number of nitrogens with one attached hydrogen (secondary N) is 2. The molecule has 2 aromatic rings. The maximum atomic E-state index is 12.9. The van der Waals surface area contributed by atoms with E-state index in [0.29, 0.717) is 42.1 Å². The standard InChI is InChI=1S/C25H33N3O5S/c1-4-18(2)26-25(30)21-9-5-6-10-22(21)27-24(29)14-11-19-17-20(12-13-23(19)33-3)34(31,32)28-15-7-8-16-28/h5-6,9-10,12-13,17-18H,4,7-8,11,14-16H2,1-3H3,(H,26,30)(H,27,29)/t18-/m1/s1. The Balaban J connectivity index is 1.71. The Labute approximate surface area is 201 Å². The van der Waals surface area contributed by atoms with E-state index in [1.54, 1.807) is 42.5 Å². The summed E-state index contributed by atoms with van der Waals surface area (Å²) in [6.07, 6.45) is 2.91. The van der Waals surface area contributed by atoms with Gasteiger partial charge in [-0.3, -0.25) is 9.59 Å². The lowest BCUT2D eigenvalue weighted by Gasteiger charge is -2.17. The summed E-state index contributed by atoms with van der Waals surface area (Å²) in [5, 5.41) is 5.72. The van der Waals surface area contributed by atoms with Crippen molar-refractivity contribution in [1.82, 2.24) is 9.62 Å². The second-order valence-corrected chi connectivity index (χ2v) is 10.4. The number of hydrogen-bond acceptors (Lipinski definition) is 5. The van der Waals surface area contributed by atoms with Gasteiger partial charge in [0.25, 0.3) is 5.91 Å². The fourth-order valence-electron chi connectivity index (χ4n) is 3.84. The third-order valence-electron chi connectivity index (χ3n) is 6.01. The van der Waals surface area contributed by atoms with Crippen LogP contribution >= 0.6 is 0 Å². The van der Waals surface area contributed by atoms with Gasteiger partial charge in [0.15, 0.2) is 0 Å². The van der Waals surface area contributed by atoms with Crippen LogP contribution in [0.3, 0.4) is 0 Å². The van der Waals surface area contributed by atoms with Gasteiger partial charge in [-0.2, -0.15) is 4.31 Å². The van der Waals surface area contributed by atoms with Crippen molar-refractivity contribution in [1.29, 1.82) is 0 Å². The summed E-state index contributed by atoms with van der Waals surface area (Å²) in [4.78, 5) is 25.5. The van der Waals surface area contributed by atoms with E-state index in [1.165, 1.54) is 11.4 Å². The molecular weight excluding hydrogens is 454 g/mol. The number of benzene rings is 2. The molecule has 0 aliphatic carbocycles. The van der Waals surface area contributed by atoms with Crippen LogP contribution in [0.1, 0.15) is 55.5 Å². The Morgan fingerprint density at radius 2 is 1.82 bits per heavy atom. The Bertz CT molecular complexity index is 1130. The van der Waals surface area contributed by atoms with Crippen LogP contribution in [0.25, 0.3) is 0 Å². The number of nitrogens with zero attached hydrogens (tertiary/aromatic N) is 1. The number of amides is 2.